The van der Waals surface area contributed by atoms with Gasteiger partial charge >= 0.3 is 0 Å². The summed E-state index contributed by atoms with van der Waals surface area (Å²) in [5, 5.41) is 11.8. The normalized spacial score (nSPS) is 15.2. The molecule has 1 aliphatic rings. The zero-order chi connectivity index (χ0) is 29.5. The van der Waals surface area contributed by atoms with Gasteiger partial charge in [-0.15, -0.1) is 5.10 Å². The van der Waals surface area contributed by atoms with Crippen LogP contribution >= 0.6 is 43.6 Å². The molecule has 2 heterocycles. The second kappa shape index (κ2) is 13.8. The van der Waals surface area contributed by atoms with Gasteiger partial charge in [0.05, 0.1) is 23.9 Å². The highest BCUT2D eigenvalue weighted by Gasteiger charge is 2.34. The van der Waals surface area contributed by atoms with Gasteiger partial charge in [-0.1, -0.05) is 61.7 Å². The van der Waals surface area contributed by atoms with Crippen LogP contribution in [-0.2, 0) is 16.1 Å². The van der Waals surface area contributed by atoms with Gasteiger partial charge in [-0.2, -0.15) is 5.10 Å². The quantitative estimate of drug-likeness (QED) is 0.110. The fourth-order valence-corrected chi connectivity index (χ4v) is 5.62. The Kier molecular flexibility index (Phi) is 9.73. The number of amidine groups is 1. The van der Waals surface area contributed by atoms with Gasteiger partial charge in [0.2, 0.25) is 0 Å². The molecule has 2 amide bonds. The van der Waals surface area contributed by atoms with Crippen LogP contribution in [0.15, 0.2) is 114 Å². The van der Waals surface area contributed by atoms with Crippen LogP contribution in [0.25, 0.3) is 6.08 Å². The fourth-order valence-electron chi connectivity index (χ4n) is 3.89. The summed E-state index contributed by atoms with van der Waals surface area (Å²) in [7, 11) is 0. The summed E-state index contributed by atoms with van der Waals surface area (Å²) in [5.41, 5.74) is 3.27. The molecule has 1 N–H and O–H groups in total. The number of thioether (sulfide) groups is 1. The second-order valence-corrected chi connectivity index (χ2v) is 12.0. The molecule has 0 spiro atoms. The number of benzene rings is 3. The number of amides is 2. The minimum atomic E-state index is -0.297. The molecule has 0 saturated carbocycles. The number of aryl methyl sites for hydroxylation is 1. The van der Waals surface area contributed by atoms with E-state index in [2.05, 4.69) is 47.4 Å². The molecule has 212 valence electrons. The summed E-state index contributed by atoms with van der Waals surface area (Å²) in [5.74, 6) is 0.513. The number of rotatable bonds is 9. The first-order chi connectivity index (χ1) is 20.3. The highest BCUT2D eigenvalue weighted by molar-refractivity contribution is 9.10. The number of hydrogen-bond acceptors (Lipinski definition) is 7. The van der Waals surface area contributed by atoms with E-state index in [1.807, 2.05) is 67.6 Å². The molecule has 4 aromatic rings. The fraction of sp³-hybridized carbons (Fsp3) is 0.0968. The molecule has 1 aliphatic heterocycles. The highest BCUT2D eigenvalue weighted by atomic mass is 79.9. The predicted molar refractivity (Wildman–Crippen MR) is 173 cm³/mol. The summed E-state index contributed by atoms with van der Waals surface area (Å²) in [6.07, 6.45) is 4.90. The first kappa shape index (κ1) is 29.6. The molecule has 42 heavy (non-hydrogen) atoms. The molecule has 0 atom stereocenters. The van der Waals surface area contributed by atoms with Crippen LogP contribution in [-0.4, -0.2) is 34.7 Å². The predicted octanol–water partition coefficient (Wildman–Crippen LogP) is 7.64. The Morgan fingerprint density at radius 1 is 1.05 bits per heavy atom. The van der Waals surface area contributed by atoms with E-state index in [9.17, 15) is 9.59 Å². The lowest BCUT2D eigenvalue weighted by Gasteiger charge is -2.13. The van der Waals surface area contributed by atoms with Crippen LogP contribution in [0.1, 0.15) is 22.5 Å². The van der Waals surface area contributed by atoms with E-state index in [1.165, 1.54) is 16.7 Å². The Balaban J connectivity index is 1.36. The number of carbonyl (C=O) groups excluding carboxylic acids is 2. The molecule has 0 unspecified atom stereocenters. The standard InChI is InChI=1S/C31H24Br2N4O4S/c1-20-7-10-25(11-8-20)35-29(38)19-41-27-12-9-24(33)15-22(27)16-28-30(39)37(18-26-6-3-13-40-26)31(42-28)36-34-17-21-4-2-5-23(32)14-21/h2-17H,18-19H2,1H3,(H,35,38)/b28-16-,34-17+,36-31-. The van der Waals surface area contributed by atoms with Gasteiger partial charge in [0.1, 0.15) is 11.5 Å². The number of carbonyl (C=O) groups is 2. The maximum atomic E-state index is 13.6. The number of halogens is 2. The second-order valence-electron chi connectivity index (χ2n) is 9.15. The molecule has 8 nitrogen and oxygen atoms in total. The van der Waals surface area contributed by atoms with Crippen LogP contribution < -0.4 is 10.1 Å². The van der Waals surface area contributed by atoms with Crippen molar-refractivity contribution in [3.63, 3.8) is 0 Å². The third-order valence-electron chi connectivity index (χ3n) is 5.93. The lowest BCUT2D eigenvalue weighted by molar-refractivity contribution is -0.122. The smallest absolute Gasteiger partial charge is 0.267 e. The van der Waals surface area contributed by atoms with Crippen molar-refractivity contribution in [3.8, 4) is 5.75 Å². The monoisotopic (exact) mass is 706 g/mol. The molecular formula is C31H24Br2N4O4S. The van der Waals surface area contributed by atoms with Crippen molar-refractivity contribution in [2.24, 2.45) is 10.2 Å². The van der Waals surface area contributed by atoms with Gasteiger partial charge < -0.3 is 14.5 Å². The minimum absolute atomic E-state index is 0.197. The molecule has 1 saturated heterocycles. The van der Waals surface area contributed by atoms with Crippen molar-refractivity contribution in [1.29, 1.82) is 0 Å². The molecule has 3 aromatic carbocycles. The van der Waals surface area contributed by atoms with E-state index < -0.39 is 0 Å². The summed E-state index contributed by atoms with van der Waals surface area (Å²) >= 11 is 8.14. The van der Waals surface area contributed by atoms with Gasteiger partial charge in [0.15, 0.2) is 11.8 Å². The zero-order valence-electron chi connectivity index (χ0n) is 22.3. The number of nitrogens with zero attached hydrogens (tertiary/aromatic N) is 3. The molecule has 0 bridgehead atoms. The zero-order valence-corrected chi connectivity index (χ0v) is 26.3. The van der Waals surface area contributed by atoms with E-state index in [0.29, 0.717) is 32.8 Å². The molecule has 11 heteroatoms. The van der Waals surface area contributed by atoms with E-state index in [-0.39, 0.29) is 25.0 Å². The Morgan fingerprint density at radius 3 is 2.62 bits per heavy atom. The Morgan fingerprint density at radius 2 is 1.86 bits per heavy atom. The number of ether oxygens (including phenoxy) is 1. The maximum absolute atomic E-state index is 13.6. The number of hydrogen-bond donors (Lipinski definition) is 1. The molecule has 1 aromatic heterocycles. The van der Waals surface area contributed by atoms with Crippen molar-refractivity contribution >= 4 is 78.6 Å². The third kappa shape index (κ3) is 7.87. The molecule has 0 radical (unpaired) electrons. The SMILES string of the molecule is Cc1ccc(NC(=O)COc2ccc(Br)cc2/C=C2\S/C(=N\N=C\c3cccc(Br)c3)N(Cc3ccco3)C2=O)cc1. The van der Waals surface area contributed by atoms with Crippen LogP contribution in [0.3, 0.4) is 0 Å². The lowest BCUT2D eigenvalue weighted by Crippen LogP contribution is -2.28. The molecular weight excluding hydrogens is 684 g/mol. The average molecular weight is 708 g/mol. The van der Waals surface area contributed by atoms with E-state index >= 15 is 0 Å². The first-order valence-corrected chi connectivity index (χ1v) is 15.1. The van der Waals surface area contributed by atoms with Crippen molar-refractivity contribution in [2.75, 3.05) is 11.9 Å². The summed E-state index contributed by atoms with van der Waals surface area (Å²) in [6, 6.07) is 24.1. The Bertz CT molecular complexity index is 1690. The van der Waals surface area contributed by atoms with E-state index in [4.69, 9.17) is 9.15 Å². The van der Waals surface area contributed by atoms with Crippen LogP contribution in [0, 0.1) is 6.92 Å². The van der Waals surface area contributed by atoms with Crippen LogP contribution in [0.5, 0.6) is 5.75 Å². The summed E-state index contributed by atoms with van der Waals surface area (Å²) in [4.78, 5) is 28.0. The van der Waals surface area contributed by atoms with Gasteiger partial charge in [0, 0.05) is 20.2 Å². The molecule has 1 fully saturated rings. The Hall–Kier alpha value is -3.93. The minimum Gasteiger partial charge on any atom is -0.483 e. The van der Waals surface area contributed by atoms with Crippen LogP contribution in [0.2, 0.25) is 0 Å². The summed E-state index contributed by atoms with van der Waals surface area (Å²) < 4.78 is 13.1. The van der Waals surface area contributed by atoms with E-state index in [1.54, 1.807) is 36.8 Å². The van der Waals surface area contributed by atoms with Crippen molar-refractivity contribution in [1.82, 2.24) is 4.90 Å². The van der Waals surface area contributed by atoms with Gasteiger partial charge in [0.25, 0.3) is 11.8 Å². The average Bonchev–Trinajstić information content (AvgIpc) is 3.58. The van der Waals surface area contributed by atoms with Crippen LogP contribution in [0.4, 0.5) is 5.69 Å². The topological polar surface area (TPSA) is 96.5 Å². The van der Waals surface area contributed by atoms with E-state index in [0.717, 1.165) is 20.1 Å². The number of furan rings is 1. The lowest BCUT2D eigenvalue weighted by atomic mass is 10.2. The highest BCUT2D eigenvalue weighted by Crippen LogP contribution is 2.36. The van der Waals surface area contributed by atoms with Crippen molar-refractivity contribution in [3.05, 3.63) is 121 Å². The van der Waals surface area contributed by atoms with Gasteiger partial charge in [-0.3, -0.25) is 14.5 Å². The number of anilines is 1. The van der Waals surface area contributed by atoms with Crippen molar-refractivity contribution in [2.45, 2.75) is 13.5 Å². The molecule has 0 aliphatic carbocycles. The van der Waals surface area contributed by atoms with Gasteiger partial charge in [-0.05, 0) is 84.9 Å². The third-order valence-corrected chi connectivity index (χ3v) is 7.92. The maximum Gasteiger partial charge on any atom is 0.267 e. The Labute approximate surface area is 263 Å². The number of nitrogens with one attached hydrogen (secondary N) is 1. The first-order valence-electron chi connectivity index (χ1n) is 12.7. The van der Waals surface area contributed by atoms with Gasteiger partial charge in [-0.25, -0.2) is 0 Å². The van der Waals surface area contributed by atoms with Crippen molar-refractivity contribution < 1.29 is 18.7 Å². The summed E-state index contributed by atoms with van der Waals surface area (Å²) in [6.45, 7) is 1.98. The largest absolute Gasteiger partial charge is 0.483 e. The molecule has 5 rings (SSSR count).